The molecule has 0 aliphatic heterocycles. The number of sulfonamides is 1. The number of methoxy groups -OCH3 is 2. The molecule has 0 amide bonds. The molecule has 0 radical (unpaired) electrons. The molecule has 2 N–H and O–H groups in total. The molecule has 1 aromatic rings. The van der Waals surface area contributed by atoms with Crippen LogP contribution in [0.4, 0.5) is 0 Å². The first-order chi connectivity index (χ1) is 9.05. The summed E-state index contributed by atoms with van der Waals surface area (Å²) in [5, 5.41) is 9.02. The van der Waals surface area contributed by atoms with Gasteiger partial charge in [0.25, 0.3) is 0 Å². The highest BCUT2D eigenvalue weighted by molar-refractivity contribution is 7.89. The van der Waals surface area contributed by atoms with Crippen LogP contribution >= 0.6 is 0 Å². The third-order valence-electron chi connectivity index (χ3n) is 2.52. The van der Waals surface area contributed by atoms with Gasteiger partial charge in [-0.2, -0.15) is 0 Å². The Morgan fingerprint density at radius 1 is 1.32 bits per heavy atom. The van der Waals surface area contributed by atoms with Crippen molar-refractivity contribution < 1.29 is 23.0 Å². The lowest BCUT2D eigenvalue weighted by molar-refractivity contribution is 0.196. The van der Waals surface area contributed by atoms with Gasteiger partial charge in [0.2, 0.25) is 10.0 Å². The zero-order valence-corrected chi connectivity index (χ0v) is 11.9. The highest BCUT2D eigenvalue weighted by atomic mass is 32.2. The van der Waals surface area contributed by atoms with E-state index in [1.807, 2.05) is 0 Å². The Hall–Kier alpha value is -1.15. The second-order valence-electron chi connectivity index (χ2n) is 3.89. The quantitative estimate of drug-likeness (QED) is 0.681. The maximum atomic E-state index is 12.1. The molecule has 6 nitrogen and oxygen atoms in total. The predicted molar refractivity (Wildman–Crippen MR) is 70.6 cm³/mol. The maximum Gasteiger partial charge on any atom is 0.244 e. The normalized spacial score (nSPS) is 11.5. The highest BCUT2D eigenvalue weighted by Gasteiger charge is 2.19. The van der Waals surface area contributed by atoms with Gasteiger partial charge in [-0.1, -0.05) is 6.07 Å². The summed E-state index contributed by atoms with van der Waals surface area (Å²) in [6, 6.07) is 4.47. The molecule has 1 rings (SSSR count). The summed E-state index contributed by atoms with van der Waals surface area (Å²) in [5.74, 6) is 0.214. The molecule has 0 saturated carbocycles. The summed E-state index contributed by atoms with van der Waals surface area (Å²) in [6.07, 6.45) is 0.590. The van der Waals surface area contributed by atoms with E-state index in [1.54, 1.807) is 13.2 Å². The zero-order chi connectivity index (χ0) is 14.3. The van der Waals surface area contributed by atoms with E-state index in [9.17, 15) is 8.42 Å². The van der Waals surface area contributed by atoms with Gasteiger partial charge < -0.3 is 14.6 Å². The second kappa shape index (κ2) is 7.44. The van der Waals surface area contributed by atoms with Crippen molar-refractivity contribution in [3.8, 4) is 5.75 Å². The van der Waals surface area contributed by atoms with Crippen molar-refractivity contribution in [2.45, 2.75) is 17.9 Å². The van der Waals surface area contributed by atoms with E-state index in [1.165, 1.54) is 19.2 Å². The van der Waals surface area contributed by atoms with Gasteiger partial charge in [0.05, 0.1) is 13.7 Å². The van der Waals surface area contributed by atoms with E-state index in [2.05, 4.69) is 4.72 Å². The number of rotatable bonds is 8. The Balaban J connectivity index is 2.88. The molecule has 108 valence electrons. The summed E-state index contributed by atoms with van der Waals surface area (Å²) in [5.41, 5.74) is 0.593. The first-order valence-electron chi connectivity index (χ1n) is 5.81. The summed E-state index contributed by atoms with van der Waals surface area (Å²) in [6.45, 7) is 0.613. The van der Waals surface area contributed by atoms with Crippen molar-refractivity contribution >= 4 is 10.0 Å². The monoisotopic (exact) mass is 289 g/mol. The number of ether oxygens (including phenoxy) is 2. The summed E-state index contributed by atoms with van der Waals surface area (Å²) in [7, 11) is -0.671. The van der Waals surface area contributed by atoms with Crippen molar-refractivity contribution in [2.24, 2.45) is 0 Å². The fraction of sp³-hybridized carbons (Fsp3) is 0.500. The van der Waals surface area contributed by atoms with Crippen molar-refractivity contribution in [1.82, 2.24) is 4.72 Å². The molecule has 1 aromatic carbocycles. The lowest BCUT2D eigenvalue weighted by Crippen LogP contribution is -2.26. The first-order valence-corrected chi connectivity index (χ1v) is 7.30. The van der Waals surface area contributed by atoms with Crippen LogP contribution in [0.25, 0.3) is 0 Å². The minimum atomic E-state index is -3.62. The van der Waals surface area contributed by atoms with Gasteiger partial charge in [-0.3, -0.25) is 0 Å². The van der Waals surface area contributed by atoms with Crippen LogP contribution in [0.1, 0.15) is 12.0 Å². The number of aliphatic hydroxyl groups is 1. The van der Waals surface area contributed by atoms with E-state index in [4.69, 9.17) is 14.6 Å². The number of aliphatic hydroxyl groups excluding tert-OH is 1. The third-order valence-corrected chi connectivity index (χ3v) is 4.02. The molecule has 19 heavy (non-hydrogen) atoms. The largest absolute Gasteiger partial charge is 0.495 e. The Morgan fingerprint density at radius 3 is 2.63 bits per heavy atom. The molecule has 0 spiro atoms. The highest BCUT2D eigenvalue weighted by Crippen LogP contribution is 2.24. The lowest BCUT2D eigenvalue weighted by Gasteiger charge is -2.11. The minimum Gasteiger partial charge on any atom is -0.495 e. The molecule has 7 heteroatoms. The molecule has 0 heterocycles. The van der Waals surface area contributed by atoms with Crippen LogP contribution in [0, 0.1) is 0 Å². The zero-order valence-electron chi connectivity index (χ0n) is 11.0. The fourth-order valence-electron chi connectivity index (χ4n) is 1.53. The predicted octanol–water partition coefficient (Wildman–Crippen LogP) is 0.502. The van der Waals surface area contributed by atoms with Crippen molar-refractivity contribution in [1.29, 1.82) is 0 Å². The molecule has 0 atom stereocenters. The summed E-state index contributed by atoms with van der Waals surface area (Å²) >= 11 is 0. The third kappa shape index (κ3) is 4.46. The number of hydrogen-bond donors (Lipinski definition) is 2. The van der Waals surface area contributed by atoms with Crippen LogP contribution in [0.15, 0.2) is 23.1 Å². The topological polar surface area (TPSA) is 84.9 Å². The van der Waals surface area contributed by atoms with Gasteiger partial charge >= 0.3 is 0 Å². The Morgan fingerprint density at radius 2 is 2.05 bits per heavy atom. The van der Waals surface area contributed by atoms with E-state index < -0.39 is 10.0 Å². The van der Waals surface area contributed by atoms with Crippen LogP contribution < -0.4 is 9.46 Å². The summed E-state index contributed by atoms with van der Waals surface area (Å²) < 4.78 is 36.5. The van der Waals surface area contributed by atoms with Gasteiger partial charge in [0.15, 0.2) is 0 Å². The van der Waals surface area contributed by atoms with Crippen LogP contribution in [-0.2, 0) is 21.4 Å². The van der Waals surface area contributed by atoms with Crippen LogP contribution in [-0.4, -0.2) is 40.9 Å². The van der Waals surface area contributed by atoms with Gasteiger partial charge in [0, 0.05) is 20.3 Å². The van der Waals surface area contributed by atoms with Crippen molar-refractivity contribution in [3.63, 3.8) is 0 Å². The molecule has 0 saturated heterocycles. The number of hydrogen-bond acceptors (Lipinski definition) is 5. The maximum absolute atomic E-state index is 12.1. The van der Waals surface area contributed by atoms with Crippen LogP contribution in [0.2, 0.25) is 0 Å². The lowest BCUT2D eigenvalue weighted by atomic mass is 10.2. The minimum absolute atomic E-state index is 0.0598. The fourth-order valence-corrected chi connectivity index (χ4v) is 2.76. The van der Waals surface area contributed by atoms with Gasteiger partial charge in [-0.15, -0.1) is 0 Å². The number of benzene rings is 1. The standard InChI is InChI=1S/C12H19NO5S/c1-17-7-3-6-13-19(15,16)12-5-4-10(9-14)8-11(12)18-2/h4-5,8,13-14H,3,6-7,9H2,1-2H3. The molecule has 0 bridgehead atoms. The molecule has 0 fully saturated rings. The van der Waals surface area contributed by atoms with Crippen molar-refractivity contribution in [2.75, 3.05) is 27.4 Å². The molecule has 0 aliphatic carbocycles. The summed E-state index contributed by atoms with van der Waals surface area (Å²) in [4.78, 5) is 0.0598. The van der Waals surface area contributed by atoms with Crippen LogP contribution in [0.5, 0.6) is 5.75 Å². The average Bonchev–Trinajstić information content (AvgIpc) is 2.42. The molecule has 0 unspecified atom stereocenters. The number of nitrogens with one attached hydrogen (secondary N) is 1. The average molecular weight is 289 g/mol. The SMILES string of the molecule is COCCCNS(=O)(=O)c1ccc(CO)cc1OC. The molecule has 0 aliphatic rings. The second-order valence-corrected chi connectivity index (χ2v) is 5.62. The van der Waals surface area contributed by atoms with Gasteiger partial charge in [-0.25, -0.2) is 13.1 Å². The molecular formula is C12H19NO5S. The first kappa shape index (κ1) is 15.9. The molecule has 0 aromatic heterocycles. The van der Waals surface area contributed by atoms with E-state index in [-0.39, 0.29) is 17.3 Å². The van der Waals surface area contributed by atoms with Crippen molar-refractivity contribution in [3.05, 3.63) is 23.8 Å². The Labute approximate surface area is 113 Å². The van der Waals surface area contributed by atoms with E-state index >= 15 is 0 Å². The Kier molecular flexibility index (Phi) is 6.23. The molecular weight excluding hydrogens is 270 g/mol. The van der Waals surface area contributed by atoms with E-state index in [0.29, 0.717) is 25.1 Å². The van der Waals surface area contributed by atoms with Crippen LogP contribution in [0.3, 0.4) is 0 Å². The van der Waals surface area contributed by atoms with E-state index in [0.717, 1.165) is 0 Å². The van der Waals surface area contributed by atoms with Gasteiger partial charge in [-0.05, 0) is 24.1 Å². The smallest absolute Gasteiger partial charge is 0.244 e. The van der Waals surface area contributed by atoms with Gasteiger partial charge in [0.1, 0.15) is 10.6 Å². The Bertz CT molecular complexity index is 501.